The normalized spacial score (nSPS) is 11.5. The maximum Gasteiger partial charge on any atom is 0.396 e. The van der Waals surface area contributed by atoms with Crippen molar-refractivity contribution in [3.8, 4) is 0 Å². The average molecular weight is 308 g/mol. The van der Waals surface area contributed by atoms with Crippen LogP contribution in [0.3, 0.4) is 0 Å². The fraction of sp³-hybridized carbons (Fsp3) is 0.700. The second-order valence-electron chi connectivity index (χ2n) is 3.59. The van der Waals surface area contributed by atoms with Crippen molar-refractivity contribution in [3.63, 3.8) is 0 Å². The number of thioether (sulfide) groups is 1. The quantitative estimate of drug-likeness (QED) is 0.521. The van der Waals surface area contributed by atoms with Crippen LogP contribution in [0, 0.1) is 0 Å². The van der Waals surface area contributed by atoms with E-state index in [-0.39, 0.29) is 29.2 Å². The predicted octanol–water partition coefficient (Wildman–Crippen LogP) is 1.16. The highest BCUT2D eigenvalue weighted by atomic mass is 32.2. The number of hydrogen-bond acceptors (Lipinski definition) is 8. The summed E-state index contributed by atoms with van der Waals surface area (Å²) < 4.78 is 32.7. The number of carbonyl (C=O) groups is 1. The molecule has 0 amide bonds. The van der Waals surface area contributed by atoms with E-state index in [0.29, 0.717) is 12.2 Å². The van der Waals surface area contributed by atoms with Crippen molar-refractivity contribution in [1.82, 2.24) is 10.2 Å². The minimum atomic E-state index is -3.02. The van der Waals surface area contributed by atoms with E-state index in [1.165, 1.54) is 0 Å². The Kier molecular flexibility index (Phi) is 6.29. The second-order valence-corrected chi connectivity index (χ2v) is 6.94. The Morgan fingerprint density at radius 3 is 2.68 bits per heavy atom. The molecule has 0 aliphatic rings. The van der Waals surface area contributed by atoms with E-state index in [1.54, 1.807) is 6.92 Å². The topological polar surface area (TPSA) is 99.4 Å². The van der Waals surface area contributed by atoms with Gasteiger partial charge in [-0.1, -0.05) is 23.8 Å². The fourth-order valence-corrected chi connectivity index (χ4v) is 3.80. The van der Waals surface area contributed by atoms with Gasteiger partial charge in [-0.05, 0) is 13.3 Å². The van der Waals surface area contributed by atoms with Gasteiger partial charge in [0.2, 0.25) is 0 Å². The predicted molar refractivity (Wildman–Crippen MR) is 69.9 cm³/mol. The molecule has 0 saturated carbocycles. The molecular weight excluding hydrogens is 292 g/mol. The summed E-state index contributed by atoms with van der Waals surface area (Å²) in [6, 6.07) is 0. The van der Waals surface area contributed by atoms with Gasteiger partial charge >= 0.3 is 11.9 Å². The van der Waals surface area contributed by atoms with Gasteiger partial charge in [-0.25, -0.2) is 13.2 Å². The Balaban J connectivity index is 2.45. The molecule has 1 rings (SSSR count). The zero-order valence-electron chi connectivity index (χ0n) is 10.8. The van der Waals surface area contributed by atoms with Gasteiger partial charge in [-0.3, -0.25) is 0 Å². The van der Waals surface area contributed by atoms with Crippen LogP contribution in [0.2, 0.25) is 0 Å². The van der Waals surface area contributed by atoms with E-state index >= 15 is 0 Å². The van der Waals surface area contributed by atoms with Crippen molar-refractivity contribution in [2.45, 2.75) is 25.5 Å². The van der Waals surface area contributed by atoms with Crippen LogP contribution in [0.15, 0.2) is 9.64 Å². The molecule has 0 aromatic carbocycles. The summed E-state index contributed by atoms with van der Waals surface area (Å²) in [5, 5.41) is 7.32. The Morgan fingerprint density at radius 1 is 1.32 bits per heavy atom. The zero-order chi connectivity index (χ0) is 14.3. The zero-order valence-corrected chi connectivity index (χ0v) is 12.4. The van der Waals surface area contributed by atoms with Crippen molar-refractivity contribution in [2.75, 3.05) is 23.9 Å². The number of aromatic nitrogens is 2. The van der Waals surface area contributed by atoms with Crippen LogP contribution >= 0.6 is 11.8 Å². The molecule has 0 aliphatic carbocycles. The number of ether oxygens (including phenoxy) is 1. The number of hydrogen-bond donors (Lipinski definition) is 0. The summed E-state index contributed by atoms with van der Waals surface area (Å²) in [4.78, 5) is 11.3. The van der Waals surface area contributed by atoms with Crippen LogP contribution in [-0.2, 0) is 14.6 Å². The Hall–Kier alpha value is -1.09. The third-order valence-corrected chi connectivity index (χ3v) is 4.93. The molecule has 1 aromatic rings. The lowest BCUT2D eigenvalue weighted by atomic mass is 10.6. The Morgan fingerprint density at radius 2 is 2.05 bits per heavy atom. The lowest BCUT2D eigenvalue weighted by Gasteiger charge is -1.99. The van der Waals surface area contributed by atoms with Crippen LogP contribution in [0.25, 0.3) is 0 Å². The first-order chi connectivity index (χ1) is 8.98. The van der Waals surface area contributed by atoms with Gasteiger partial charge in [-0.15, -0.1) is 5.10 Å². The van der Waals surface area contributed by atoms with Gasteiger partial charge in [0.15, 0.2) is 9.84 Å². The third-order valence-electron chi connectivity index (χ3n) is 1.99. The molecule has 0 bridgehead atoms. The molecule has 0 radical (unpaired) electrons. The van der Waals surface area contributed by atoms with Gasteiger partial charge in [-0.2, -0.15) is 0 Å². The van der Waals surface area contributed by atoms with E-state index in [9.17, 15) is 13.2 Å². The van der Waals surface area contributed by atoms with E-state index in [2.05, 4.69) is 10.2 Å². The minimum absolute atomic E-state index is 0.0443. The van der Waals surface area contributed by atoms with Crippen LogP contribution in [-0.4, -0.2) is 48.4 Å². The first-order valence-electron chi connectivity index (χ1n) is 5.82. The van der Waals surface area contributed by atoms with Gasteiger partial charge in [0, 0.05) is 11.5 Å². The molecule has 0 aliphatic heterocycles. The minimum Gasteiger partial charge on any atom is -0.459 e. The molecule has 0 N–H and O–H groups in total. The lowest BCUT2D eigenvalue weighted by molar-refractivity contribution is 0.0475. The van der Waals surface area contributed by atoms with Crippen molar-refractivity contribution in [1.29, 1.82) is 0 Å². The van der Waals surface area contributed by atoms with Gasteiger partial charge < -0.3 is 9.15 Å². The molecule has 1 heterocycles. The highest BCUT2D eigenvalue weighted by molar-refractivity contribution is 8.00. The van der Waals surface area contributed by atoms with Gasteiger partial charge in [0.25, 0.3) is 5.22 Å². The maximum atomic E-state index is 11.5. The lowest BCUT2D eigenvalue weighted by Crippen LogP contribution is -2.12. The smallest absolute Gasteiger partial charge is 0.396 e. The molecule has 9 heteroatoms. The average Bonchev–Trinajstić information content (AvgIpc) is 2.77. The van der Waals surface area contributed by atoms with Crippen molar-refractivity contribution < 1.29 is 22.4 Å². The first kappa shape index (κ1) is 16.0. The Labute approximate surface area is 116 Å². The summed E-state index contributed by atoms with van der Waals surface area (Å²) in [6.07, 6.45) is 0.598. The van der Waals surface area contributed by atoms with Crippen LogP contribution < -0.4 is 0 Å². The van der Waals surface area contributed by atoms with Crippen LogP contribution in [0.4, 0.5) is 0 Å². The molecule has 0 fully saturated rings. The van der Waals surface area contributed by atoms with Gasteiger partial charge in [0.05, 0.1) is 12.4 Å². The highest BCUT2D eigenvalue weighted by Crippen LogP contribution is 2.17. The summed E-state index contributed by atoms with van der Waals surface area (Å²) in [5.41, 5.74) is 0. The third kappa shape index (κ3) is 5.60. The van der Waals surface area contributed by atoms with Crippen molar-refractivity contribution in [2.24, 2.45) is 0 Å². The number of esters is 1. The molecule has 1 aromatic heterocycles. The largest absolute Gasteiger partial charge is 0.459 e. The molecule has 0 saturated heterocycles. The molecule has 0 atom stereocenters. The number of carbonyl (C=O) groups excluding carboxylic acids is 1. The Bertz CT molecular complexity index is 512. The molecule has 19 heavy (non-hydrogen) atoms. The number of sulfone groups is 1. The summed E-state index contributed by atoms with van der Waals surface area (Å²) in [7, 11) is -3.02. The van der Waals surface area contributed by atoms with Crippen molar-refractivity contribution >= 4 is 27.6 Å². The number of nitrogens with zero attached hydrogens (tertiary/aromatic N) is 2. The van der Waals surface area contributed by atoms with E-state index in [0.717, 1.165) is 11.8 Å². The first-order valence-corrected chi connectivity index (χ1v) is 8.63. The number of rotatable bonds is 8. The summed E-state index contributed by atoms with van der Waals surface area (Å²) in [5.74, 6) is -0.373. The summed E-state index contributed by atoms with van der Waals surface area (Å²) >= 11 is 1.10. The molecule has 0 spiro atoms. The van der Waals surface area contributed by atoms with Gasteiger partial charge in [0.1, 0.15) is 0 Å². The fourth-order valence-electron chi connectivity index (χ4n) is 1.21. The second kappa shape index (κ2) is 7.49. The van der Waals surface area contributed by atoms with Crippen LogP contribution in [0.5, 0.6) is 0 Å². The van der Waals surface area contributed by atoms with E-state index in [1.807, 2.05) is 6.92 Å². The van der Waals surface area contributed by atoms with Crippen molar-refractivity contribution in [3.05, 3.63) is 5.89 Å². The molecular formula is C10H16N2O5S2. The van der Waals surface area contributed by atoms with E-state index in [4.69, 9.17) is 9.15 Å². The monoisotopic (exact) mass is 308 g/mol. The maximum absolute atomic E-state index is 11.5. The van der Waals surface area contributed by atoms with E-state index < -0.39 is 15.8 Å². The van der Waals surface area contributed by atoms with Crippen LogP contribution in [0.1, 0.15) is 31.0 Å². The molecule has 0 unspecified atom stereocenters. The molecule has 7 nitrogen and oxygen atoms in total. The molecule has 108 valence electrons. The summed E-state index contributed by atoms with van der Waals surface area (Å²) in [6.45, 7) is 3.70. The SMILES string of the molecule is CCCS(=O)(=O)CCSc1nnc(C(=O)OCC)o1. The standard InChI is InChI=1S/C10H16N2O5S2/c1-3-6-19(14,15)7-5-18-10-12-11-8(17-10)9(13)16-4-2/h3-7H2,1-2H3. The highest BCUT2D eigenvalue weighted by Gasteiger charge is 2.17.